The van der Waals surface area contributed by atoms with Gasteiger partial charge in [0.15, 0.2) is 0 Å². The van der Waals surface area contributed by atoms with Gasteiger partial charge in [-0.05, 0) is 12.3 Å². The van der Waals surface area contributed by atoms with Crippen molar-refractivity contribution in [3.05, 3.63) is 0 Å². The Balaban J connectivity index is 0. The standard InChI is InChI=1S/C8H19O4P.Zn/c1-3-5-6-8(4-2)7-12-13(9,10)11;/h8H,3-7H2,1-2H3,(H2,9,10,11);. The van der Waals surface area contributed by atoms with Crippen molar-refractivity contribution in [1.29, 1.82) is 0 Å². The molecule has 0 aliphatic rings. The van der Waals surface area contributed by atoms with Crippen LogP contribution in [0.5, 0.6) is 0 Å². The van der Waals surface area contributed by atoms with Crippen molar-refractivity contribution in [3.8, 4) is 0 Å². The van der Waals surface area contributed by atoms with Crippen molar-refractivity contribution < 1.29 is 38.4 Å². The van der Waals surface area contributed by atoms with E-state index < -0.39 is 7.82 Å². The minimum atomic E-state index is -4.26. The minimum absolute atomic E-state index is 0. The smallest absolute Gasteiger partial charge is 0.303 e. The first-order valence-electron chi connectivity index (χ1n) is 4.69. The van der Waals surface area contributed by atoms with Crippen LogP contribution in [0, 0.1) is 5.92 Å². The Morgan fingerprint density at radius 2 is 1.93 bits per heavy atom. The summed E-state index contributed by atoms with van der Waals surface area (Å²) in [6.45, 7) is 4.26. The monoisotopic (exact) mass is 274 g/mol. The molecule has 0 fully saturated rings. The van der Waals surface area contributed by atoms with Crippen molar-refractivity contribution in [3.63, 3.8) is 0 Å². The van der Waals surface area contributed by atoms with Gasteiger partial charge in [0.2, 0.25) is 0 Å². The molecule has 0 aromatic carbocycles. The van der Waals surface area contributed by atoms with Crippen molar-refractivity contribution >= 4 is 7.82 Å². The molecule has 0 spiro atoms. The molecular formula is C8H19O4PZn. The van der Waals surface area contributed by atoms with E-state index in [-0.39, 0.29) is 32.0 Å². The van der Waals surface area contributed by atoms with Crippen LogP contribution in [0.3, 0.4) is 0 Å². The molecule has 0 radical (unpaired) electrons. The molecule has 1 atom stereocenters. The van der Waals surface area contributed by atoms with Crippen LogP contribution in [0.15, 0.2) is 0 Å². The van der Waals surface area contributed by atoms with Gasteiger partial charge in [-0.25, -0.2) is 4.57 Å². The van der Waals surface area contributed by atoms with E-state index in [2.05, 4.69) is 11.4 Å². The van der Waals surface area contributed by atoms with E-state index in [1.165, 1.54) is 0 Å². The summed E-state index contributed by atoms with van der Waals surface area (Å²) in [5, 5.41) is 0. The molecule has 6 heteroatoms. The average molecular weight is 276 g/mol. The van der Waals surface area contributed by atoms with E-state index in [1.807, 2.05) is 6.92 Å². The average Bonchev–Trinajstić information content (AvgIpc) is 2.03. The maximum absolute atomic E-state index is 10.4. The zero-order valence-corrected chi connectivity index (χ0v) is 12.8. The Morgan fingerprint density at radius 3 is 2.29 bits per heavy atom. The van der Waals surface area contributed by atoms with E-state index >= 15 is 0 Å². The molecule has 0 heterocycles. The number of hydrogen-bond acceptors (Lipinski definition) is 2. The Bertz CT molecular complexity index is 171. The fraction of sp³-hybridized carbons (Fsp3) is 1.00. The summed E-state index contributed by atoms with van der Waals surface area (Å²) in [4.78, 5) is 17.0. The molecule has 0 saturated carbocycles. The summed E-state index contributed by atoms with van der Waals surface area (Å²) in [5.74, 6) is 0.271. The molecule has 14 heavy (non-hydrogen) atoms. The summed E-state index contributed by atoms with van der Waals surface area (Å²) < 4.78 is 14.8. The van der Waals surface area contributed by atoms with Crippen LogP contribution >= 0.6 is 7.82 Å². The van der Waals surface area contributed by atoms with Gasteiger partial charge in [-0.1, -0.05) is 33.1 Å². The zero-order valence-electron chi connectivity index (χ0n) is 8.98. The number of unbranched alkanes of at least 4 members (excludes halogenated alkanes) is 1. The molecule has 4 nitrogen and oxygen atoms in total. The predicted octanol–water partition coefficient (Wildman–Crippen LogP) is 2.31. The SMILES string of the molecule is CCCCC(CC)COP(=O)(O)O.[Zn]. The Hall–Kier alpha value is 0.733. The normalized spacial score (nSPS) is 13.4. The van der Waals surface area contributed by atoms with E-state index in [1.54, 1.807) is 0 Å². The van der Waals surface area contributed by atoms with Gasteiger partial charge < -0.3 is 9.79 Å². The van der Waals surface area contributed by atoms with Gasteiger partial charge in [0, 0.05) is 19.5 Å². The molecule has 0 aliphatic heterocycles. The van der Waals surface area contributed by atoms with Crippen LogP contribution in [0.25, 0.3) is 0 Å². The first kappa shape index (κ1) is 17.1. The van der Waals surface area contributed by atoms with Crippen LogP contribution < -0.4 is 0 Å². The van der Waals surface area contributed by atoms with Crippen molar-refractivity contribution in [2.45, 2.75) is 39.5 Å². The van der Waals surface area contributed by atoms with Gasteiger partial charge in [0.05, 0.1) is 6.61 Å². The van der Waals surface area contributed by atoms with E-state index in [0.29, 0.717) is 0 Å². The van der Waals surface area contributed by atoms with Gasteiger partial charge in [-0.2, -0.15) is 0 Å². The van der Waals surface area contributed by atoms with Gasteiger partial charge in [-0.15, -0.1) is 0 Å². The van der Waals surface area contributed by atoms with Crippen molar-refractivity contribution in [1.82, 2.24) is 0 Å². The van der Waals surface area contributed by atoms with Gasteiger partial charge in [0.25, 0.3) is 0 Å². The van der Waals surface area contributed by atoms with Crippen molar-refractivity contribution in [2.24, 2.45) is 5.92 Å². The zero-order chi connectivity index (χ0) is 10.3. The molecule has 0 aromatic rings. The van der Waals surface area contributed by atoms with Crippen LogP contribution in [-0.4, -0.2) is 16.4 Å². The molecular weight excluding hydrogens is 256 g/mol. The van der Waals surface area contributed by atoms with E-state index in [4.69, 9.17) is 9.79 Å². The molecule has 0 bridgehead atoms. The summed E-state index contributed by atoms with van der Waals surface area (Å²) >= 11 is 0. The summed E-state index contributed by atoms with van der Waals surface area (Å²) in [5.41, 5.74) is 0. The Kier molecular flexibility index (Phi) is 11.0. The fourth-order valence-electron chi connectivity index (χ4n) is 1.10. The summed E-state index contributed by atoms with van der Waals surface area (Å²) in [7, 11) is -4.26. The molecule has 82 valence electrons. The Morgan fingerprint density at radius 1 is 1.36 bits per heavy atom. The second kappa shape index (κ2) is 9.00. The maximum atomic E-state index is 10.4. The molecule has 0 amide bonds. The second-order valence-electron chi connectivity index (χ2n) is 3.20. The van der Waals surface area contributed by atoms with Crippen molar-refractivity contribution in [2.75, 3.05) is 6.61 Å². The molecule has 0 saturated heterocycles. The second-order valence-corrected chi connectivity index (χ2v) is 4.44. The van der Waals surface area contributed by atoms with Gasteiger partial charge in [0.1, 0.15) is 0 Å². The molecule has 2 N–H and O–H groups in total. The number of phosphoric acid groups is 1. The number of phosphoric ester groups is 1. The minimum Gasteiger partial charge on any atom is -0.303 e. The summed E-state index contributed by atoms with van der Waals surface area (Å²) in [6, 6.07) is 0. The van der Waals surface area contributed by atoms with Gasteiger partial charge >= 0.3 is 7.82 Å². The van der Waals surface area contributed by atoms with E-state index in [0.717, 1.165) is 25.7 Å². The predicted molar refractivity (Wildman–Crippen MR) is 51.3 cm³/mol. The molecule has 1 unspecified atom stereocenters. The van der Waals surface area contributed by atoms with Gasteiger partial charge in [-0.3, -0.25) is 4.52 Å². The third-order valence-corrected chi connectivity index (χ3v) is 2.51. The van der Waals surface area contributed by atoms with Crippen LogP contribution in [0.2, 0.25) is 0 Å². The van der Waals surface area contributed by atoms with Crippen LogP contribution in [0.1, 0.15) is 39.5 Å². The Labute approximate surface area is 98.4 Å². The first-order valence-corrected chi connectivity index (χ1v) is 6.22. The first-order chi connectivity index (χ1) is 5.99. The molecule has 0 rings (SSSR count). The molecule has 0 aromatic heterocycles. The summed E-state index contributed by atoms with van der Waals surface area (Å²) in [6.07, 6.45) is 4.07. The number of hydrogen-bond donors (Lipinski definition) is 2. The van der Waals surface area contributed by atoms with E-state index in [9.17, 15) is 4.57 Å². The third-order valence-electron chi connectivity index (χ3n) is 2.02. The van der Waals surface area contributed by atoms with Crippen LogP contribution in [0.4, 0.5) is 0 Å². The largest absolute Gasteiger partial charge is 0.469 e. The van der Waals surface area contributed by atoms with Crippen LogP contribution in [-0.2, 0) is 28.6 Å². The molecule has 0 aliphatic carbocycles. The quantitative estimate of drug-likeness (QED) is 0.553. The maximum Gasteiger partial charge on any atom is 0.469 e. The fourth-order valence-corrected chi connectivity index (χ4v) is 1.51. The topological polar surface area (TPSA) is 66.8 Å². The third kappa shape index (κ3) is 10.8. The number of rotatable bonds is 7.